The Bertz CT molecular complexity index is 1640. The van der Waals surface area contributed by atoms with Crippen LogP contribution in [0.1, 0.15) is 74.0 Å². The number of likely N-dealkylation sites (N-methyl/N-ethyl adjacent to an activating group) is 2. The summed E-state index contributed by atoms with van der Waals surface area (Å²) in [5.41, 5.74) is 10.0. The van der Waals surface area contributed by atoms with E-state index in [1.54, 1.807) is 11.0 Å². The van der Waals surface area contributed by atoms with E-state index in [-0.39, 0.29) is 42.0 Å². The van der Waals surface area contributed by atoms with Crippen LogP contribution in [0.3, 0.4) is 0 Å². The average molecular weight is 606 g/mol. The Kier molecular flexibility index (Phi) is 7.11. The third-order valence-electron chi connectivity index (χ3n) is 10.1. The minimum Gasteiger partial charge on any atom is -0.483 e. The number of hydrogen-bond acceptors (Lipinski definition) is 10. The highest BCUT2D eigenvalue weighted by Gasteiger charge is 2.49. The highest BCUT2D eigenvalue weighted by molar-refractivity contribution is 5.70. The van der Waals surface area contributed by atoms with Crippen LogP contribution < -0.4 is 20.1 Å². The van der Waals surface area contributed by atoms with Gasteiger partial charge < -0.3 is 24.6 Å². The SMILES string of the molecule is CCN1c2nc(-c3noc4c3CCCC43CCc4ccc(N)c(C#N)c43)nc(OC(C)C3CCCN3C)c2OCC1C(F)F. The maximum Gasteiger partial charge on any atom is 0.263 e. The van der Waals surface area contributed by atoms with Crippen molar-refractivity contribution in [3.63, 3.8) is 0 Å². The molecule has 0 saturated carbocycles. The molecule has 44 heavy (non-hydrogen) atoms. The lowest BCUT2D eigenvalue weighted by atomic mass is 9.68. The van der Waals surface area contributed by atoms with Gasteiger partial charge in [-0.15, -0.1) is 0 Å². The van der Waals surface area contributed by atoms with Crippen LogP contribution in [0.15, 0.2) is 16.7 Å². The zero-order chi connectivity index (χ0) is 30.7. The first-order valence-electron chi connectivity index (χ1n) is 15.5. The Hall–Kier alpha value is -3.98. The fourth-order valence-electron chi connectivity index (χ4n) is 7.98. The number of anilines is 2. The number of likely N-dealkylation sites (tertiary alicyclic amines) is 1. The summed E-state index contributed by atoms with van der Waals surface area (Å²) in [5.74, 6) is 1.71. The number of nitrogens with two attached hydrogens (primary N) is 1. The lowest BCUT2D eigenvalue weighted by molar-refractivity contribution is 0.0721. The summed E-state index contributed by atoms with van der Waals surface area (Å²) in [7, 11) is 2.07. The normalized spacial score (nSPS) is 25.0. The fraction of sp³-hybridized carbons (Fsp3) is 0.562. The molecule has 232 valence electrons. The van der Waals surface area contributed by atoms with Crippen molar-refractivity contribution in [2.45, 2.75) is 88.8 Å². The minimum absolute atomic E-state index is 0.188. The van der Waals surface area contributed by atoms with Crippen molar-refractivity contribution < 1.29 is 22.8 Å². The lowest BCUT2D eigenvalue weighted by Crippen LogP contribution is -2.48. The van der Waals surface area contributed by atoms with Gasteiger partial charge in [-0.3, -0.25) is 4.90 Å². The number of hydrogen-bond donors (Lipinski definition) is 1. The van der Waals surface area contributed by atoms with Crippen LogP contribution in [0.25, 0.3) is 11.5 Å². The van der Waals surface area contributed by atoms with E-state index in [1.807, 2.05) is 19.9 Å². The molecule has 1 fully saturated rings. The van der Waals surface area contributed by atoms with Crippen molar-refractivity contribution in [3.05, 3.63) is 40.1 Å². The van der Waals surface area contributed by atoms with Gasteiger partial charge in [-0.2, -0.15) is 10.2 Å². The van der Waals surface area contributed by atoms with Crippen molar-refractivity contribution in [2.75, 3.05) is 37.4 Å². The van der Waals surface area contributed by atoms with Gasteiger partial charge in [-0.25, -0.2) is 13.8 Å². The van der Waals surface area contributed by atoms with E-state index < -0.39 is 17.9 Å². The van der Waals surface area contributed by atoms with Crippen molar-refractivity contribution in [1.29, 1.82) is 5.26 Å². The number of nitrogens with zero attached hydrogens (tertiary/aromatic N) is 6. The van der Waals surface area contributed by atoms with E-state index in [9.17, 15) is 14.0 Å². The summed E-state index contributed by atoms with van der Waals surface area (Å²) in [6, 6.07) is 5.17. The van der Waals surface area contributed by atoms with Crippen molar-refractivity contribution in [3.8, 4) is 29.2 Å². The van der Waals surface area contributed by atoms with E-state index in [0.717, 1.165) is 61.8 Å². The molecule has 2 N–H and O–H groups in total. The van der Waals surface area contributed by atoms with Gasteiger partial charge in [0.15, 0.2) is 23.1 Å². The Balaban J connectivity index is 1.36. The van der Waals surface area contributed by atoms with Crippen LogP contribution >= 0.6 is 0 Å². The molecule has 2 aliphatic carbocycles. The molecular weight excluding hydrogens is 568 g/mol. The number of fused-ring (bicyclic) bond motifs is 5. The highest BCUT2D eigenvalue weighted by atomic mass is 19.3. The third kappa shape index (κ3) is 4.30. The molecule has 12 heteroatoms. The summed E-state index contributed by atoms with van der Waals surface area (Å²) >= 11 is 0. The maximum atomic E-state index is 14.1. The van der Waals surface area contributed by atoms with Crippen LogP contribution in [-0.4, -0.2) is 71.4 Å². The van der Waals surface area contributed by atoms with Gasteiger partial charge >= 0.3 is 0 Å². The predicted octanol–water partition coefficient (Wildman–Crippen LogP) is 4.87. The molecular formula is C32H37F2N7O3. The maximum absolute atomic E-state index is 14.1. The van der Waals surface area contributed by atoms with Crippen molar-refractivity contribution >= 4 is 11.5 Å². The van der Waals surface area contributed by atoms with Gasteiger partial charge in [0.2, 0.25) is 5.75 Å². The quantitative estimate of drug-likeness (QED) is 0.389. The summed E-state index contributed by atoms with van der Waals surface area (Å²) in [6.07, 6.45) is 3.14. The Labute approximate surface area is 255 Å². The van der Waals surface area contributed by atoms with Crippen LogP contribution in [0.2, 0.25) is 0 Å². The average Bonchev–Trinajstić information content (AvgIpc) is 3.74. The van der Waals surface area contributed by atoms with Crippen LogP contribution in [0, 0.1) is 11.3 Å². The van der Waals surface area contributed by atoms with E-state index in [0.29, 0.717) is 35.7 Å². The molecule has 2 aliphatic heterocycles. The topological polar surface area (TPSA) is 127 Å². The van der Waals surface area contributed by atoms with E-state index in [1.165, 1.54) is 0 Å². The summed E-state index contributed by atoms with van der Waals surface area (Å²) in [6.45, 7) is 4.91. The lowest BCUT2D eigenvalue weighted by Gasteiger charge is -2.37. The highest BCUT2D eigenvalue weighted by Crippen LogP contribution is 2.54. The molecule has 0 bridgehead atoms. The standard InChI is InChI=1S/C32H37F2N7O3/c1-4-41-23(28(33)34)16-42-26-30(41)37-29(38-31(26)43-17(2)22-8-6-14-40(22)3)25-19-7-5-12-32(27(19)44-39-25)13-11-18-9-10-21(36)20(15-35)24(18)32/h9-10,17,22-23,28H,4-8,11-14,16,36H2,1-3H3. The van der Waals surface area contributed by atoms with Gasteiger partial charge in [0, 0.05) is 23.8 Å². The van der Waals surface area contributed by atoms with Crippen LogP contribution in [0.5, 0.6) is 11.6 Å². The number of ether oxygens (including phenoxy) is 2. The molecule has 7 rings (SSSR count). The molecule has 1 saturated heterocycles. The predicted molar refractivity (Wildman–Crippen MR) is 159 cm³/mol. The minimum atomic E-state index is -2.62. The van der Waals surface area contributed by atoms with E-state index >= 15 is 0 Å². The first-order chi connectivity index (χ1) is 21.3. The fourth-order valence-corrected chi connectivity index (χ4v) is 7.98. The second-order valence-electron chi connectivity index (χ2n) is 12.5. The molecule has 0 amide bonds. The first-order valence-corrected chi connectivity index (χ1v) is 15.5. The van der Waals surface area contributed by atoms with E-state index in [2.05, 4.69) is 23.2 Å². The molecule has 10 nitrogen and oxygen atoms in total. The molecule has 4 heterocycles. The molecule has 1 spiro atoms. The van der Waals surface area contributed by atoms with Crippen molar-refractivity contribution in [2.24, 2.45) is 0 Å². The van der Waals surface area contributed by atoms with Crippen molar-refractivity contribution in [1.82, 2.24) is 20.0 Å². The monoisotopic (exact) mass is 605 g/mol. The van der Waals surface area contributed by atoms with Crippen LogP contribution in [0.4, 0.5) is 20.3 Å². The largest absolute Gasteiger partial charge is 0.483 e. The zero-order valence-corrected chi connectivity index (χ0v) is 25.3. The van der Waals surface area contributed by atoms with Gasteiger partial charge in [0.1, 0.15) is 24.8 Å². The molecule has 0 radical (unpaired) electrons. The number of aromatic nitrogens is 3. The Morgan fingerprint density at radius 1 is 1.20 bits per heavy atom. The second-order valence-corrected chi connectivity index (χ2v) is 12.5. The van der Waals surface area contributed by atoms with E-state index in [4.69, 9.17) is 29.7 Å². The van der Waals surface area contributed by atoms with Gasteiger partial charge in [-0.1, -0.05) is 11.2 Å². The van der Waals surface area contributed by atoms with Gasteiger partial charge in [0.05, 0.1) is 11.0 Å². The first kappa shape index (κ1) is 28.8. The summed E-state index contributed by atoms with van der Waals surface area (Å²) in [5, 5.41) is 14.6. The molecule has 1 aromatic carbocycles. The Morgan fingerprint density at radius 2 is 2.05 bits per heavy atom. The number of halogens is 2. The smallest absolute Gasteiger partial charge is 0.263 e. The Morgan fingerprint density at radius 3 is 2.77 bits per heavy atom. The molecule has 4 aliphatic rings. The third-order valence-corrected chi connectivity index (χ3v) is 10.1. The molecule has 4 unspecified atom stereocenters. The molecule has 3 aromatic rings. The van der Waals surface area contributed by atoms with Gasteiger partial charge in [-0.05, 0) is 89.6 Å². The number of rotatable bonds is 6. The molecule has 4 atom stereocenters. The van der Waals surface area contributed by atoms with Crippen LogP contribution in [-0.2, 0) is 18.3 Å². The summed E-state index contributed by atoms with van der Waals surface area (Å²) in [4.78, 5) is 13.5. The number of nitrogen functional groups attached to an aromatic ring is 1. The molecule has 2 aromatic heterocycles. The van der Waals surface area contributed by atoms with Gasteiger partial charge in [0.25, 0.3) is 12.3 Å². The number of alkyl halides is 2. The second kappa shape index (κ2) is 10.9. The number of aryl methyl sites for hydroxylation is 1. The number of benzene rings is 1. The zero-order valence-electron chi connectivity index (χ0n) is 25.3. The number of nitriles is 1. The summed E-state index contributed by atoms with van der Waals surface area (Å²) < 4.78 is 46.8.